The molecule has 0 saturated heterocycles. The standard InChI is InChI=1S/C14H12FN3O/c15-11-4-2-1-3-10(11)9-7-12-14(17-8-9)18-13(19-12)5-6-16/h1-4,7-8H,5-6,16H2. The Labute approximate surface area is 109 Å². The summed E-state index contributed by atoms with van der Waals surface area (Å²) < 4.78 is 19.2. The highest BCUT2D eigenvalue weighted by molar-refractivity contribution is 5.76. The van der Waals surface area contributed by atoms with Gasteiger partial charge in [0.15, 0.2) is 17.1 Å². The van der Waals surface area contributed by atoms with Gasteiger partial charge in [0.05, 0.1) is 0 Å². The number of benzene rings is 1. The van der Waals surface area contributed by atoms with E-state index in [1.54, 1.807) is 30.5 Å². The summed E-state index contributed by atoms with van der Waals surface area (Å²) in [6.07, 6.45) is 2.15. The summed E-state index contributed by atoms with van der Waals surface area (Å²) in [5.74, 6) is 0.265. The number of oxazole rings is 1. The molecule has 0 aliphatic carbocycles. The zero-order chi connectivity index (χ0) is 13.2. The Balaban J connectivity index is 2.08. The summed E-state index contributed by atoms with van der Waals surface area (Å²) in [5.41, 5.74) is 7.68. The molecule has 3 aromatic rings. The van der Waals surface area contributed by atoms with E-state index in [2.05, 4.69) is 9.97 Å². The molecule has 0 atom stereocenters. The molecule has 0 radical (unpaired) electrons. The van der Waals surface area contributed by atoms with E-state index < -0.39 is 0 Å². The van der Waals surface area contributed by atoms with Crippen LogP contribution >= 0.6 is 0 Å². The van der Waals surface area contributed by atoms with Gasteiger partial charge in [0.2, 0.25) is 0 Å². The van der Waals surface area contributed by atoms with E-state index in [9.17, 15) is 4.39 Å². The van der Waals surface area contributed by atoms with Crippen LogP contribution < -0.4 is 5.73 Å². The Hall–Kier alpha value is -2.27. The molecule has 2 N–H and O–H groups in total. The summed E-state index contributed by atoms with van der Waals surface area (Å²) in [7, 11) is 0. The predicted molar refractivity (Wildman–Crippen MR) is 70.0 cm³/mol. The number of aromatic nitrogens is 2. The first kappa shape index (κ1) is 11.8. The van der Waals surface area contributed by atoms with Crippen molar-refractivity contribution in [1.29, 1.82) is 0 Å². The maximum absolute atomic E-state index is 13.7. The molecule has 0 aliphatic heterocycles. The van der Waals surface area contributed by atoms with Crippen LogP contribution in [0, 0.1) is 5.82 Å². The molecule has 3 rings (SSSR count). The highest BCUT2D eigenvalue weighted by atomic mass is 19.1. The second-order valence-electron chi connectivity index (χ2n) is 4.17. The molecule has 0 fully saturated rings. The van der Waals surface area contributed by atoms with Gasteiger partial charge in [-0.15, -0.1) is 0 Å². The molecule has 4 nitrogen and oxygen atoms in total. The van der Waals surface area contributed by atoms with Crippen molar-refractivity contribution in [3.63, 3.8) is 0 Å². The summed E-state index contributed by atoms with van der Waals surface area (Å²) >= 11 is 0. The topological polar surface area (TPSA) is 64.9 Å². The second kappa shape index (κ2) is 4.78. The number of fused-ring (bicyclic) bond motifs is 1. The summed E-state index contributed by atoms with van der Waals surface area (Å²) in [6.45, 7) is 0.465. The van der Waals surface area contributed by atoms with Gasteiger partial charge >= 0.3 is 0 Å². The fourth-order valence-electron chi connectivity index (χ4n) is 1.94. The van der Waals surface area contributed by atoms with Gasteiger partial charge in [0, 0.05) is 30.3 Å². The van der Waals surface area contributed by atoms with Crippen LogP contribution in [0.1, 0.15) is 5.89 Å². The lowest BCUT2D eigenvalue weighted by Crippen LogP contribution is -2.02. The van der Waals surface area contributed by atoms with Gasteiger partial charge in [-0.25, -0.2) is 9.37 Å². The van der Waals surface area contributed by atoms with Crippen LogP contribution in [0.15, 0.2) is 40.9 Å². The molecular weight excluding hydrogens is 245 g/mol. The van der Waals surface area contributed by atoms with Crippen molar-refractivity contribution in [2.45, 2.75) is 6.42 Å². The third-order valence-corrected chi connectivity index (χ3v) is 2.83. The van der Waals surface area contributed by atoms with E-state index in [0.717, 1.165) is 0 Å². The van der Waals surface area contributed by atoms with E-state index in [4.69, 9.17) is 10.2 Å². The molecule has 1 aromatic carbocycles. The lowest BCUT2D eigenvalue weighted by molar-refractivity contribution is 0.531. The van der Waals surface area contributed by atoms with Crippen LogP contribution in [0.4, 0.5) is 4.39 Å². The van der Waals surface area contributed by atoms with Gasteiger partial charge in [-0.2, -0.15) is 4.98 Å². The van der Waals surface area contributed by atoms with Crippen molar-refractivity contribution in [3.05, 3.63) is 48.2 Å². The fraction of sp³-hybridized carbons (Fsp3) is 0.143. The van der Waals surface area contributed by atoms with Gasteiger partial charge in [-0.1, -0.05) is 18.2 Å². The van der Waals surface area contributed by atoms with Crippen LogP contribution in [-0.4, -0.2) is 16.5 Å². The minimum atomic E-state index is -0.287. The number of nitrogens with two attached hydrogens (primary N) is 1. The Morgan fingerprint density at radius 2 is 2.11 bits per heavy atom. The maximum atomic E-state index is 13.7. The summed E-state index contributed by atoms with van der Waals surface area (Å²) in [6, 6.07) is 8.30. The number of hydrogen-bond donors (Lipinski definition) is 1. The van der Waals surface area contributed by atoms with Crippen LogP contribution in [0.2, 0.25) is 0 Å². The Bertz CT molecular complexity index is 724. The summed E-state index contributed by atoms with van der Waals surface area (Å²) in [4.78, 5) is 8.40. The molecule has 19 heavy (non-hydrogen) atoms. The largest absolute Gasteiger partial charge is 0.439 e. The SMILES string of the molecule is NCCc1nc2ncc(-c3ccccc3F)cc2o1. The number of rotatable bonds is 3. The van der Waals surface area contributed by atoms with Crippen molar-refractivity contribution in [1.82, 2.24) is 9.97 Å². The zero-order valence-corrected chi connectivity index (χ0v) is 10.1. The normalized spacial score (nSPS) is 11.1. The quantitative estimate of drug-likeness (QED) is 0.783. The predicted octanol–water partition coefficient (Wildman–Crippen LogP) is 2.53. The number of hydrogen-bond acceptors (Lipinski definition) is 4. The molecule has 96 valence electrons. The van der Waals surface area contributed by atoms with Gasteiger partial charge < -0.3 is 10.2 Å². The van der Waals surface area contributed by atoms with Crippen LogP contribution in [0.5, 0.6) is 0 Å². The summed E-state index contributed by atoms with van der Waals surface area (Å²) in [5, 5.41) is 0. The Morgan fingerprint density at radius 3 is 2.89 bits per heavy atom. The van der Waals surface area contributed by atoms with E-state index >= 15 is 0 Å². The van der Waals surface area contributed by atoms with Crippen molar-refractivity contribution in [2.75, 3.05) is 6.54 Å². The Morgan fingerprint density at radius 1 is 1.26 bits per heavy atom. The molecule has 0 amide bonds. The number of halogens is 1. The third-order valence-electron chi connectivity index (χ3n) is 2.83. The highest BCUT2D eigenvalue weighted by Crippen LogP contribution is 2.25. The highest BCUT2D eigenvalue weighted by Gasteiger charge is 2.10. The molecule has 0 bridgehead atoms. The second-order valence-corrected chi connectivity index (χ2v) is 4.17. The lowest BCUT2D eigenvalue weighted by atomic mass is 10.1. The van der Waals surface area contributed by atoms with Crippen LogP contribution in [0.25, 0.3) is 22.4 Å². The molecule has 0 aliphatic rings. The number of nitrogens with zero attached hydrogens (tertiary/aromatic N) is 2. The van der Waals surface area contributed by atoms with Gasteiger partial charge in [0.1, 0.15) is 5.82 Å². The molecule has 2 heterocycles. The van der Waals surface area contributed by atoms with Crippen molar-refractivity contribution in [3.8, 4) is 11.1 Å². The molecule has 0 unspecified atom stereocenters. The van der Waals surface area contributed by atoms with E-state index in [1.807, 2.05) is 0 Å². The average Bonchev–Trinajstić information content (AvgIpc) is 2.81. The molecule has 5 heteroatoms. The van der Waals surface area contributed by atoms with Gasteiger partial charge in [-0.3, -0.25) is 0 Å². The monoisotopic (exact) mass is 257 g/mol. The first-order valence-corrected chi connectivity index (χ1v) is 5.98. The molecule has 2 aromatic heterocycles. The van der Waals surface area contributed by atoms with E-state index in [1.165, 1.54) is 6.07 Å². The zero-order valence-electron chi connectivity index (χ0n) is 10.1. The maximum Gasteiger partial charge on any atom is 0.198 e. The first-order chi connectivity index (χ1) is 9.28. The first-order valence-electron chi connectivity index (χ1n) is 5.98. The minimum Gasteiger partial charge on any atom is -0.439 e. The molecule has 0 spiro atoms. The van der Waals surface area contributed by atoms with E-state index in [0.29, 0.717) is 41.2 Å². The lowest BCUT2D eigenvalue weighted by Gasteiger charge is -2.01. The molecule has 0 saturated carbocycles. The van der Waals surface area contributed by atoms with Gasteiger partial charge in [-0.05, 0) is 12.1 Å². The minimum absolute atomic E-state index is 0.287. The van der Waals surface area contributed by atoms with Crippen molar-refractivity contribution >= 4 is 11.2 Å². The van der Waals surface area contributed by atoms with E-state index in [-0.39, 0.29) is 5.82 Å². The fourth-order valence-corrected chi connectivity index (χ4v) is 1.94. The van der Waals surface area contributed by atoms with Crippen molar-refractivity contribution in [2.24, 2.45) is 5.73 Å². The molecular formula is C14H12FN3O. The van der Waals surface area contributed by atoms with Crippen LogP contribution in [-0.2, 0) is 6.42 Å². The third kappa shape index (κ3) is 2.20. The van der Waals surface area contributed by atoms with Crippen LogP contribution in [0.3, 0.4) is 0 Å². The van der Waals surface area contributed by atoms with Crippen molar-refractivity contribution < 1.29 is 8.81 Å². The Kier molecular flexibility index (Phi) is 2.97. The smallest absolute Gasteiger partial charge is 0.198 e. The van der Waals surface area contributed by atoms with Gasteiger partial charge in [0.25, 0.3) is 0 Å². The average molecular weight is 257 g/mol. The number of pyridine rings is 1.